The van der Waals surface area contributed by atoms with Crippen LogP contribution in [-0.2, 0) is 4.79 Å². The third-order valence-electron chi connectivity index (χ3n) is 1.76. The standard InChI is InChI=1S/C12H13NO/c1-3-5-12(14)13-11-8-6-10(4-2)7-9-11/h3-4,6-9H,1-2,5H2,(H,13,14). The number of benzene rings is 1. The number of rotatable bonds is 4. The maximum absolute atomic E-state index is 11.2. The molecule has 1 aromatic rings. The summed E-state index contributed by atoms with van der Waals surface area (Å²) in [5.41, 5.74) is 1.83. The van der Waals surface area contributed by atoms with Crippen molar-refractivity contribution < 1.29 is 4.79 Å². The van der Waals surface area contributed by atoms with Gasteiger partial charge in [0.05, 0.1) is 0 Å². The van der Waals surface area contributed by atoms with Crippen LogP contribution in [0, 0.1) is 0 Å². The first-order valence-corrected chi connectivity index (χ1v) is 4.39. The highest BCUT2D eigenvalue weighted by molar-refractivity contribution is 5.91. The summed E-state index contributed by atoms with van der Waals surface area (Å²) in [6.07, 6.45) is 3.67. The van der Waals surface area contributed by atoms with Crippen molar-refractivity contribution in [3.05, 3.63) is 49.1 Å². The van der Waals surface area contributed by atoms with Gasteiger partial charge in [-0.3, -0.25) is 4.79 Å². The van der Waals surface area contributed by atoms with E-state index in [0.29, 0.717) is 6.42 Å². The monoisotopic (exact) mass is 187 g/mol. The number of amides is 1. The van der Waals surface area contributed by atoms with Gasteiger partial charge >= 0.3 is 0 Å². The van der Waals surface area contributed by atoms with Crippen LogP contribution < -0.4 is 5.32 Å². The van der Waals surface area contributed by atoms with Gasteiger partial charge in [-0.2, -0.15) is 0 Å². The fourth-order valence-electron chi connectivity index (χ4n) is 1.05. The van der Waals surface area contributed by atoms with E-state index in [-0.39, 0.29) is 5.91 Å². The van der Waals surface area contributed by atoms with Crippen LogP contribution in [0.4, 0.5) is 5.69 Å². The minimum Gasteiger partial charge on any atom is -0.326 e. The molecule has 14 heavy (non-hydrogen) atoms. The van der Waals surface area contributed by atoms with Gasteiger partial charge in [0, 0.05) is 12.1 Å². The van der Waals surface area contributed by atoms with Crippen molar-refractivity contribution in [1.82, 2.24) is 0 Å². The molecule has 0 unspecified atom stereocenters. The van der Waals surface area contributed by atoms with E-state index < -0.39 is 0 Å². The van der Waals surface area contributed by atoms with Crippen molar-refractivity contribution >= 4 is 17.7 Å². The fraction of sp³-hybridized carbons (Fsp3) is 0.0833. The second-order valence-corrected chi connectivity index (χ2v) is 2.87. The first-order valence-electron chi connectivity index (χ1n) is 4.39. The molecule has 0 bridgehead atoms. The molecule has 1 N–H and O–H groups in total. The van der Waals surface area contributed by atoms with Crippen LogP contribution in [0.15, 0.2) is 43.5 Å². The molecular formula is C12H13NO. The first kappa shape index (κ1) is 10.3. The molecule has 0 heterocycles. The van der Waals surface area contributed by atoms with Crippen LogP contribution in [-0.4, -0.2) is 5.91 Å². The smallest absolute Gasteiger partial charge is 0.228 e. The number of nitrogens with one attached hydrogen (secondary N) is 1. The molecular weight excluding hydrogens is 174 g/mol. The molecule has 0 saturated carbocycles. The van der Waals surface area contributed by atoms with Crippen molar-refractivity contribution in [2.24, 2.45) is 0 Å². The molecule has 1 aromatic carbocycles. The number of carbonyl (C=O) groups excluding carboxylic acids is 1. The Balaban J connectivity index is 2.63. The summed E-state index contributed by atoms with van der Waals surface area (Å²) in [5.74, 6) is -0.0497. The second-order valence-electron chi connectivity index (χ2n) is 2.87. The molecule has 2 nitrogen and oxygen atoms in total. The highest BCUT2D eigenvalue weighted by Gasteiger charge is 1.98. The maximum Gasteiger partial charge on any atom is 0.228 e. The van der Waals surface area contributed by atoms with E-state index in [9.17, 15) is 4.79 Å². The lowest BCUT2D eigenvalue weighted by Crippen LogP contribution is -2.09. The lowest BCUT2D eigenvalue weighted by atomic mass is 10.2. The van der Waals surface area contributed by atoms with E-state index in [4.69, 9.17) is 0 Å². The lowest BCUT2D eigenvalue weighted by Gasteiger charge is -2.03. The molecule has 72 valence electrons. The molecule has 0 aromatic heterocycles. The summed E-state index contributed by atoms with van der Waals surface area (Å²) in [7, 11) is 0. The third-order valence-corrected chi connectivity index (χ3v) is 1.76. The van der Waals surface area contributed by atoms with E-state index in [1.165, 1.54) is 0 Å². The van der Waals surface area contributed by atoms with Crippen LogP contribution >= 0.6 is 0 Å². The summed E-state index contributed by atoms with van der Waals surface area (Å²) in [5, 5.41) is 2.75. The third kappa shape index (κ3) is 2.90. The second kappa shape index (κ2) is 5.02. The minimum atomic E-state index is -0.0497. The highest BCUT2D eigenvalue weighted by atomic mass is 16.1. The molecule has 0 atom stereocenters. The molecule has 0 aliphatic carbocycles. The molecule has 0 spiro atoms. The van der Waals surface area contributed by atoms with Crippen molar-refractivity contribution in [1.29, 1.82) is 0 Å². The predicted molar refractivity (Wildman–Crippen MR) is 60.0 cm³/mol. The Kier molecular flexibility index (Phi) is 3.68. The van der Waals surface area contributed by atoms with Crippen LogP contribution in [0.1, 0.15) is 12.0 Å². The van der Waals surface area contributed by atoms with Gasteiger partial charge in [-0.05, 0) is 17.7 Å². The van der Waals surface area contributed by atoms with Gasteiger partial charge in [0.15, 0.2) is 0 Å². The summed E-state index contributed by atoms with van der Waals surface area (Å²) in [6.45, 7) is 7.15. The topological polar surface area (TPSA) is 29.1 Å². The van der Waals surface area contributed by atoms with Gasteiger partial charge in [-0.25, -0.2) is 0 Å². The average molecular weight is 187 g/mol. The van der Waals surface area contributed by atoms with Gasteiger partial charge < -0.3 is 5.32 Å². The van der Waals surface area contributed by atoms with E-state index >= 15 is 0 Å². The molecule has 1 amide bonds. The number of anilines is 1. The van der Waals surface area contributed by atoms with Gasteiger partial charge in [0.2, 0.25) is 5.91 Å². The lowest BCUT2D eigenvalue weighted by molar-refractivity contribution is -0.115. The van der Waals surface area contributed by atoms with Crippen LogP contribution in [0.2, 0.25) is 0 Å². The Hall–Kier alpha value is -1.83. The predicted octanol–water partition coefficient (Wildman–Crippen LogP) is 2.84. The van der Waals surface area contributed by atoms with Gasteiger partial charge in [0.1, 0.15) is 0 Å². The zero-order valence-corrected chi connectivity index (χ0v) is 7.99. The van der Waals surface area contributed by atoms with Crippen molar-refractivity contribution in [3.8, 4) is 0 Å². The Bertz CT molecular complexity index is 338. The normalized spacial score (nSPS) is 9.14. The Morgan fingerprint density at radius 3 is 2.43 bits per heavy atom. The fourth-order valence-corrected chi connectivity index (χ4v) is 1.05. The average Bonchev–Trinajstić information content (AvgIpc) is 2.19. The number of carbonyl (C=O) groups is 1. The van der Waals surface area contributed by atoms with E-state index in [1.54, 1.807) is 12.2 Å². The first-order chi connectivity index (χ1) is 6.76. The van der Waals surface area contributed by atoms with Crippen molar-refractivity contribution in [2.75, 3.05) is 5.32 Å². The molecule has 2 heteroatoms. The van der Waals surface area contributed by atoms with E-state index in [1.807, 2.05) is 24.3 Å². The number of hydrogen-bond acceptors (Lipinski definition) is 1. The largest absolute Gasteiger partial charge is 0.326 e. The minimum absolute atomic E-state index is 0.0497. The van der Waals surface area contributed by atoms with Crippen LogP contribution in [0.3, 0.4) is 0 Å². The van der Waals surface area contributed by atoms with Crippen molar-refractivity contribution in [3.63, 3.8) is 0 Å². The van der Waals surface area contributed by atoms with Gasteiger partial charge in [-0.15, -0.1) is 6.58 Å². The van der Waals surface area contributed by atoms with Crippen molar-refractivity contribution in [2.45, 2.75) is 6.42 Å². The molecule has 1 rings (SSSR count). The number of hydrogen-bond donors (Lipinski definition) is 1. The SMILES string of the molecule is C=CCC(=O)Nc1ccc(C=C)cc1. The summed E-state index contributed by atoms with van der Waals surface area (Å²) in [4.78, 5) is 11.2. The van der Waals surface area contributed by atoms with E-state index in [0.717, 1.165) is 11.3 Å². The highest BCUT2D eigenvalue weighted by Crippen LogP contribution is 2.10. The quantitative estimate of drug-likeness (QED) is 0.721. The van der Waals surface area contributed by atoms with Gasteiger partial charge in [0.25, 0.3) is 0 Å². The maximum atomic E-state index is 11.2. The molecule has 0 fully saturated rings. The zero-order valence-electron chi connectivity index (χ0n) is 7.99. The molecule has 0 aliphatic heterocycles. The summed E-state index contributed by atoms with van der Waals surface area (Å²) >= 11 is 0. The summed E-state index contributed by atoms with van der Waals surface area (Å²) < 4.78 is 0. The Morgan fingerprint density at radius 1 is 1.29 bits per heavy atom. The molecule has 0 radical (unpaired) electrons. The van der Waals surface area contributed by atoms with E-state index in [2.05, 4.69) is 18.5 Å². The van der Waals surface area contributed by atoms with Crippen LogP contribution in [0.5, 0.6) is 0 Å². The Labute approximate surface area is 84.0 Å². The molecule has 0 aliphatic rings. The zero-order chi connectivity index (χ0) is 10.4. The van der Waals surface area contributed by atoms with Gasteiger partial charge in [-0.1, -0.05) is 30.9 Å². The summed E-state index contributed by atoms with van der Waals surface area (Å²) in [6, 6.07) is 7.49. The Morgan fingerprint density at radius 2 is 1.93 bits per heavy atom. The van der Waals surface area contributed by atoms with Crippen LogP contribution in [0.25, 0.3) is 6.08 Å². The molecule has 0 saturated heterocycles.